The number of fused-ring (bicyclic) bond motifs is 4. The Morgan fingerprint density at radius 3 is 2.24 bits per heavy atom. The van der Waals surface area contributed by atoms with Crippen LogP contribution in [-0.2, 0) is 4.74 Å². The number of hydrogen-bond donors (Lipinski definition) is 2. The molecule has 0 unspecified atom stereocenters. The molecule has 186 valence electrons. The Balaban J connectivity index is 1.52. The minimum absolute atomic E-state index is 0.0188. The van der Waals surface area contributed by atoms with E-state index in [1.807, 2.05) is 0 Å². The zero-order valence-electron chi connectivity index (χ0n) is 22.4. The van der Waals surface area contributed by atoms with Crippen LogP contribution in [0.25, 0.3) is 0 Å². The van der Waals surface area contributed by atoms with Crippen molar-refractivity contribution in [2.45, 2.75) is 131 Å². The SMILES string of the molecule is C[C@H]1[C@H](C)CC[C@]2(C)[C@H](O)C[C@]3(C)[C@@]45O[C@@H]4CC4=C(CC[C@@H](O)C4(C)C)[C@]5(C)CC[C@@]3(C)[C@H]12. The summed E-state index contributed by atoms with van der Waals surface area (Å²) in [5.74, 6) is 1.88. The smallest absolute Gasteiger partial charge is 0.110 e. The zero-order valence-corrected chi connectivity index (χ0v) is 22.4. The Morgan fingerprint density at radius 1 is 0.848 bits per heavy atom. The molecule has 33 heavy (non-hydrogen) atoms. The Bertz CT molecular complexity index is 922. The number of aliphatic hydroxyl groups is 2. The van der Waals surface area contributed by atoms with Crippen molar-refractivity contribution >= 4 is 0 Å². The Labute approximate surface area is 201 Å². The zero-order chi connectivity index (χ0) is 24.0. The average Bonchev–Trinajstić information content (AvgIpc) is 3.48. The van der Waals surface area contributed by atoms with Gasteiger partial charge in [-0.1, -0.05) is 66.5 Å². The van der Waals surface area contributed by atoms with Gasteiger partial charge in [-0.3, -0.25) is 0 Å². The maximum atomic E-state index is 11.8. The largest absolute Gasteiger partial charge is 0.393 e. The van der Waals surface area contributed by atoms with Gasteiger partial charge < -0.3 is 14.9 Å². The molecule has 3 heteroatoms. The number of epoxide rings is 1. The molecule has 3 nitrogen and oxygen atoms in total. The fourth-order valence-electron chi connectivity index (χ4n) is 11.4. The van der Waals surface area contributed by atoms with Crippen molar-refractivity contribution in [2.75, 3.05) is 0 Å². The predicted molar refractivity (Wildman–Crippen MR) is 132 cm³/mol. The standard InChI is InChI=1S/C30H48O3/c1-17-11-12-26(5)22(32)16-29(8)28(7,24(26)18(17)2)14-13-27(6)19-9-10-21(31)25(3,4)20(19)15-23-30(27,29)33-23/h17-18,21-24,31-32H,9-16H2,1-8H3/t17-,18+,21-,22-,23-,24-,26-,27+,28+,29+,30-/m1/s1. The van der Waals surface area contributed by atoms with Crippen LogP contribution >= 0.6 is 0 Å². The molecule has 0 bridgehead atoms. The van der Waals surface area contributed by atoms with Gasteiger partial charge >= 0.3 is 0 Å². The normalized spacial score (nSPS) is 61.3. The van der Waals surface area contributed by atoms with E-state index in [4.69, 9.17) is 4.74 Å². The topological polar surface area (TPSA) is 53.0 Å². The van der Waals surface area contributed by atoms with Gasteiger partial charge in [0.15, 0.2) is 0 Å². The second-order valence-electron chi connectivity index (χ2n) is 14.9. The highest BCUT2D eigenvalue weighted by Gasteiger charge is 2.85. The van der Waals surface area contributed by atoms with Gasteiger partial charge in [0.2, 0.25) is 0 Å². The molecule has 0 aromatic rings. The summed E-state index contributed by atoms with van der Waals surface area (Å²) in [6.07, 6.45) is 8.28. The number of hydrogen-bond acceptors (Lipinski definition) is 3. The third kappa shape index (κ3) is 2.27. The van der Waals surface area contributed by atoms with E-state index in [2.05, 4.69) is 55.4 Å². The first-order valence-corrected chi connectivity index (χ1v) is 14.0. The molecule has 2 N–H and O–H groups in total. The average molecular weight is 457 g/mol. The molecule has 6 aliphatic rings. The molecule has 5 aliphatic carbocycles. The van der Waals surface area contributed by atoms with Crippen LogP contribution in [0, 0.1) is 44.8 Å². The quantitative estimate of drug-likeness (QED) is 0.334. The lowest BCUT2D eigenvalue weighted by molar-refractivity contribution is -0.264. The summed E-state index contributed by atoms with van der Waals surface area (Å²) < 4.78 is 7.02. The molecule has 0 radical (unpaired) electrons. The number of ether oxygens (including phenoxy) is 1. The highest BCUT2D eigenvalue weighted by atomic mass is 16.6. The van der Waals surface area contributed by atoms with Crippen molar-refractivity contribution in [3.63, 3.8) is 0 Å². The molecule has 4 fully saturated rings. The number of aliphatic hydroxyl groups excluding tert-OH is 2. The van der Waals surface area contributed by atoms with Crippen molar-refractivity contribution in [2.24, 2.45) is 44.8 Å². The van der Waals surface area contributed by atoms with E-state index in [1.54, 1.807) is 5.57 Å². The van der Waals surface area contributed by atoms with E-state index in [1.165, 1.54) is 24.8 Å². The Morgan fingerprint density at radius 2 is 1.55 bits per heavy atom. The van der Waals surface area contributed by atoms with Crippen molar-refractivity contribution in [3.8, 4) is 0 Å². The first kappa shape index (κ1) is 23.0. The van der Waals surface area contributed by atoms with E-state index in [0.29, 0.717) is 11.8 Å². The molecule has 1 spiro atoms. The lowest BCUT2D eigenvalue weighted by atomic mass is 9.31. The van der Waals surface area contributed by atoms with Gasteiger partial charge in [-0.25, -0.2) is 0 Å². The highest BCUT2D eigenvalue weighted by molar-refractivity contribution is 5.46. The van der Waals surface area contributed by atoms with Crippen LogP contribution in [0.1, 0.15) is 107 Å². The lowest BCUT2D eigenvalue weighted by Gasteiger charge is -2.73. The van der Waals surface area contributed by atoms with Gasteiger partial charge in [0.05, 0.1) is 18.3 Å². The highest BCUT2D eigenvalue weighted by Crippen LogP contribution is 2.83. The molecule has 1 saturated heterocycles. The van der Waals surface area contributed by atoms with E-state index >= 15 is 0 Å². The molecule has 11 atom stereocenters. The number of rotatable bonds is 0. The van der Waals surface area contributed by atoms with E-state index < -0.39 is 0 Å². The van der Waals surface area contributed by atoms with Gasteiger partial charge in [0, 0.05) is 16.2 Å². The van der Waals surface area contributed by atoms with Gasteiger partial charge in [0.1, 0.15) is 5.60 Å². The summed E-state index contributed by atoms with van der Waals surface area (Å²) in [4.78, 5) is 0. The molecule has 3 saturated carbocycles. The third-order valence-electron chi connectivity index (χ3n) is 13.8. The monoisotopic (exact) mass is 456 g/mol. The van der Waals surface area contributed by atoms with Crippen molar-refractivity contribution in [3.05, 3.63) is 11.1 Å². The van der Waals surface area contributed by atoms with Gasteiger partial charge in [-0.15, -0.1) is 0 Å². The van der Waals surface area contributed by atoms with Gasteiger partial charge in [-0.05, 0) is 80.0 Å². The first-order chi connectivity index (χ1) is 15.2. The molecular formula is C30H48O3. The summed E-state index contributed by atoms with van der Waals surface area (Å²) in [5, 5.41) is 22.7. The fourth-order valence-corrected chi connectivity index (χ4v) is 11.4. The van der Waals surface area contributed by atoms with Crippen LogP contribution < -0.4 is 0 Å². The van der Waals surface area contributed by atoms with E-state index in [0.717, 1.165) is 38.0 Å². The maximum Gasteiger partial charge on any atom is 0.110 e. The minimum atomic E-state index is -0.253. The fraction of sp³-hybridized carbons (Fsp3) is 0.933. The third-order valence-corrected chi connectivity index (χ3v) is 13.8. The van der Waals surface area contributed by atoms with Crippen molar-refractivity contribution < 1.29 is 14.9 Å². The molecule has 0 aromatic carbocycles. The first-order valence-electron chi connectivity index (χ1n) is 14.0. The molecule has 0 amide bonds. The summed E-state index contributed by atoms with van der Waals surface area (Å²) in [7, 11) is 0. The maximum absolute atomic E-state index is 11.8. The van der Waals surface area contributed by atoms with Crippen LogP contribution in [-0.4, -0.2) is 34.1 Å². The molecule has 6 rings (SSSR count). The van der Waals surface area contributed by atoms with Crippen LogP contribution in [0.15, 0.2) is 11.1 Å². The van der Waals surface area contributed by atoms with Crippen LogP contribution in [0.3, 0.4) is 0 Å². The summed E-state index contributed by atoms with van der Waals surface area (Å²) >= 11 is 0. The molecule has 1 aliphatic heterocycles. The minimum Gasteiger partial charge on any atom is -0.393 e. The van der Waals surface area contributed by atoms with Crippen molar-refractivity contribution in [1.82, 2.24) is 0 Å². The second kappa shape index (κ2) is 6.30. The molecule has 0 aromatic heterocycles. The van der Waals surface area contributed by atoms with Crippen LogP contribution in [0.4, 0.5) is 0 Å². The second-order valence-corrected chi connectivity index (χ2v) is 14.9. The van der Waals surface area contributed by atoms with Crippen LogP contribution in [0.5, 0.6) is 0 Å². The summed E-state index contributed by atoms with van der Waals surface area (Å²) in [6.45, 7) is 19.5. The summed E-state index contributed by atoms with van der Waals surface area (Å²) in [6, 6.07) is 0. The van der Waals surface area contributed by atoms with Gasteiger partial charge in [0.25, 0.3) is 0 Å². The van der Waals surface area contributed by atoms with Gasteiger partial charge in [-0.2, -0.15) is 0 Å². The predicted octanol–water partition coefficient (Wildman–Crippen LogP) is 6.27. The van der Waals surface area contributed by atoms with E-state index in [9.17, 15) is 10.2 Å². The van der Waals surface area contributed by atoms with Crippen molar-refractivity contribution in [1.29, 1.82) is 0 Å². The van der Waals surface area contributed by atoms with E-state index in [-0.39, 0.29) is 51.0 Å². The molecule has 1 heterocycles. The Kier molecular flexibility index (Phi) is 4.40. The summed E-state index contributed by atoms with van der Waals surface area (Å²) in [5.41, 5.74) is 2.97. The Hall–Kier alpha value is -0.380. The lowest BCUT2D eigenvalue weighted by Crippen LogP contribution is -2.72. The molecular weight excluding hydrogens is 408 g/mol. The van der Waals surface area contributed by atoms with Crippen LogP contribution in [0.2, 0.25) is 0 Å².